The third-order valence-corrected chi connectivity index (χ3v) is 6.35. The number of carbonyl (C=O) groups excluding carboxylic acids is 1. The van der Waals surface area contributed by atoms with Gasteiger partial charge in [0.05, 0.1) is 4.90 Å². The van der Waals surface area contributed by atoms with Crippen molar-refractivity contribution in [2.45, 2.75) is 23.0 Å². The van der Waals surface area contributed by atoms with Gasteiger partial charge in [0.1, 0.15) is 5.25 Å². The second-order valence-corrected chi connectivity index (χ2v) is 8.36. The summed E-state index contributed by atoms with van der Waals surface area (Å²) in [5.74, 6) is -0.0621. The number of halogens is 1. The van der Waals surface area contributed by atoms with Gasteiger partial charge in [-0.25, -0.2) is 8.42 Å². The molecule has 1 heterocycles. The summed E-state index contributed by atoms with van der Waals surface area (Å²) >= 11 is 5.84. The van der Waals surface area contributed by atoms with E-state index in [0.29, 0.717) is 10.6 Å². The van der Waals surface area contributed by atoms with Crippen molar-refractivity contribution < 1.29 is 13.2 Å². The zero-order valence-electron chi connectivity index (χ0n) is 12.9. The summed E-state index contributed by atoms with van der Waals surface area (Å²) in [4.78, 5) is 16.1. The number of hydrogen-bond acceptors (Lipinski definition) is 4. The van der Waals surface area contributed by atoms with Gasteiger partial charge in [0.25, 0.3) is 0 Å². The van der Waals surface area contributed by atoms with E-state index in [0.717, 1.165) is 12.8 Å². The van der Waals surface area contributed by atoms with E-state index in [1.54, 1.807) is 18.3 Å². The minimum absolute atomic E-state index is 0.0198. The first-order valence-electron chi connectivity index (χ1n) is 7.65. The van der Waals surface area contributed by atoms with Crippen molar-refractivity contribution in [3.8, 4) is 0 Å². The molecule has 0 saturated heterocycles. The summed E-state index contributed by atoms with van der Waals surface area (Å²) < 4.78 is 26.0. The van der Waals surface area contributed by atoms with E-state index < -0.39 is 15.1 Å². The van der Waals surface area contributed by atoms with Crippen LogP contribution in [0.3, 0.4) is 0 Å². The van der Waals surface area contributed by atoms with Gasteiger partial charge in [-0.2, -0.15) is 0 Å². The van der Waals surface area contributed by atoms with E-state index in [9.17, 15) is 13.2 Å². The number of carbonyl (C=O) groups is 1. The van der Waals surface area contributed by atoms with Crippen LogP contribution in [0, 0.1) is 5.92 Å². The molecule has 1 aliphatic carbocycles. The van der Waals surface area contributed by atoms with Gasteiger partial charge >= 0.3 is 0 Å². The Labute approximate surface area is 146 Å². The zero-order chi connectivity index (χ0) is 17.2. The number of benzene rings is 1. The lowest BCUT2D eigenvalue weighted by Gasteiger charge is -2.18. The molecule has 24 heavy (non-hydrogen) atoms. The van der Waals surface area contributed by atoms with E-state index in [1.807, 2.05) is 0 Å². The lowest BCUT2D eigenvalue weighted by molar-refractivity contribution is -0.122. The van der Waals surface area contributed by atoms with Gasteiger partial charge in [-0.05, 0) is 48.7 Å². The van der Waals surface area contributed by atoms with Gasteiger partial charge in [0.15, 0.2) is 9.84 Å². The third kappa shape index (κ3) is 3.76. The molecular formula is C17H17ClN2O3S. The number of pyridine rings is 1. The Hall–Kier alpha value is -1.92. The molecule has 0 bridgehead atoms. The number of rotatable bonds is 6. The molecule has 1 saturated carbocycles. The standard InChI is InChI=1S/C17H17ClN2O3S/c18-14-5-7-15(8-6-14)24(22,23)16(13-2-1-9-19-10-13)11-20-17(21)12-3-4-12/h1-2,5-10,12,16H,3-4,11H2,(H,20,21). The molecule has 1 N–H and O–H groups in total. The van der Waals surface area contributed by atoms with Gasteiger partial charge in [-0.1, -0.05) is 17.7 Å². The summed E-state index contributed by atoms with van der Waals surface area (Å²) in [6, 6.07) is 9.42. The first kappa shape index (κ1) is 16.9. The Balaban J connectivity index is 1.90. The summed E-state index contributed by atoms with van der Waals surface area (Å²) in [7, 11) is -3.69. The van der Waals surface area contributed by atoms with Crippen LogP contribution in [0.2, 0.25) is 5.02 Å². The van der Waals surface area contributed by atoms with Gasteiger partial charge in [0, 0.05) is 29.9 Å². The van der Waals surface area contributed by atoms with Crippen molar-refractivity contribution in [3.05, 3.63) is 59.4 Å². The normalized spacial score (nSPS) is 15.7. The predicted molar refractivity (Wildman–Crippen MR) is 91.3 cm³/mol. The minimum atomic E-state index is -3.69. The molecule has 1 aromatic carbocycles. The number of nitrogens with one attached hydrogen (secondary N) is 1. The first-order chi connectivity index (χ1) is 11.5. The fourth-order valence-electron chi connectivity index (χ4n) is 2.44. The number of amides is 1. The van der Waals surface area contributed by atoms with Crippen molar-refractivity contribution in [2.75, 3.05) is 6.54 Å². The second kappa shape index (κ2) is 6.91. The zero-order valence-corrected chi connectivity index (χ0v) is 14.4. The molecule has 5 nitrogen and oxygen atoms in total. The Morgan fingerprint density at radius 2 is 1.96 bits per heavy atom. The van der Waals surface area contributed by atoms with Crippen molar-refractivity contribution in [1.29, 1.82) is 0 Å². The highest BCUT2D eigenvalue weighted by atomic mass is 35.5. The van der Waals surface area contributed by atoms with Crippen LogP contribution in [0.25, 0.3) is 0 Å². The van der Waals surface area contributed by atoms with Crippen molar-refractivity contribution in [1.82, 2.24) is 10.3 Å². The van der Waals surface area contributed by atoms with E-state index >= 15 is 0 Å². The topological polar surface area (TPSA) is 76.1 Å². The molecule has 1 fully saturated rings. The molecule has 0 aliphatic heterocycles. The molecule has 2 aromatic rings. The maximum Gasteiger partial charge on any atom is 0.223 e. The summed E-state index contributed by atoms with van der Waals surface area (Å²) in [5, 5.41) is 2.33. The molecular weight excluding hydrogens is 348 g/mol. The average molecular weight is 365 g/mol. The number of aromatic nitrogens is 1. The lowest BCUT2D eigenvalue weighted by atomic mass is 10.2. The summed E-state index contributed by atoms with van der Waals surface area (Å²) in [6.45, 7) is 0.0198. The fourth-order valence-corrected chi connectivity index (χ4v) is 4.22. The average Bonchev–Trinajstić information content (AvgIpc) is 3.41. The van der Waals surface area contributed by atoms with Crippen LogP contribution in [0.1, 0.15) is 23.7 Å². The van der Waals surface area contributed by atoms with Crippen molar-refractivity contribution >= 4 is 27.3 Å². The van der Waals surface area contributed by atoms with Gasteiger partial charge in [-0.3, -0.25) is 9.78 Å². The van der Waals surface area contributed by atoms with Crippen molar-refractivity contribution in [2.24, 2.45) is 5.92 Å². The Morgan fingerprint density at radius 3 is 2.54 bits per heavy atom. The van der Waals surface area contributed by atoms with Crippen LogP contribution < -0.4 is 5.32 Å². The molecule has 1 unspecified atom stereocenters. The van der Waals surface area contributed by atoms with E-state index in [1.165, 1.54) is 30.5 Å². The highest BCUT2D eigenvalue weighted by molar-refractivity contribution is 7.91. The highest BCUT2D eigenvalue weighted by Crippen LogP contribution is 2.31. The molecule has 1 aliphatic rings. The molecule has 1 atom stereocenters. The van der Waals surface area contributed by atoms with Crippen molar-refractivity contribution in [3.63, 3.8) is 0 Å². The van der Waals surface area contributed by atoms with Crippen LogP contribution in [0.4, 0.5) is 0 Å². The van der Waals surface area contributed by atoms with E-state index in [-0.39, 0.29) is 23.3 Å². The number of nitrogens with zero attached hydrogens (tertiary/aromatic N) is 1. The van der Waals surface area contributed by atoms with E-state index in [4.69, 9.17) is 11.6 Å². The Bertz CT molecular complexity index is 819. The van der Waals surface area contributed by atoms with Gasteiger partial charge < -0.3 is 5.32 Å². The maximum atomic E-state index is 13.0. The molecule has 7 heteroatoms. The molecule has 126 valence electrons. The molecule has 3 rings (SSSR count). The highest BCUT2D eigenvalue weighted by Gasteiger charge is 2.33. The largest absolute Gasteiger partial charge is 0.354 e. The van der Waals surface area contributed by atoms with Crippen LogP contribution >= 0.6 is 11.6 Å². The van der Waals surface area contributed by atoms with Crippen LogP contribution in [-0.2, 0) is 14.6 Å². The molecule has 0 radical (unpaired) electrons. The van der Waals surface area contributed by atoms with E-state index in [2.05, 4.69) is 10.3 Å². The van der Waals surface area contributed by atoms with Crippen LogP contribution in [0.5, 0.6) is 0 Å². The summed E-state index contributed by atoms with van der Waals surface area (Å²) in [6.07, 6.45) is 4.83. The fraction of sp³-hybridized carbons (Fsp3) is 0.294. The molecule has 1 aromatic heterocycles. The quantitative estimate of drug-likeness (QED) is 0.855. The maximum absolute atomic E-state index is 13.0. The first-order valence-corrected chi connectivity index (χ1v) is 9.58. The van der Waals surface area contributed by atoms with Crippen LogP contribution in [-0.4, -0.2) is 25.9 Å². The number of sulfone groups is 1. The number of hydrogen-bond donors (Lipinski definition) is 1. The van der Waals surface area contributed by atoms with Gasteiger partial charge in [-0.15, -0.1) is 0 Å². The van der Waals surface area contributed by atoms with Gasteiger partial charge in [0.2, 0.25) is 5.91 Å². The SMILES string of the molecule is O=C(NCC(c1cccnc1)S(=O)(=O)c1ccc(Cl)cc1)C1CC1. The lowest BCUT2D eigenvalue weighted by Crippen LogP contribution is -2.32. The predicted octanol–water partition coefficient (Wildman–Crippen LogP) is 2.78. The Kier molecular flexibility index (Phi) is 4.87. The molecule has 0 spiro atoms. The summed E-state index contributed by atoms with van der Waals surface area (Å²) in [5.41, 5.74) is 0.545. The monoisotopic (exact) mass is 364 g/mol. The third-order valence-electron chi connectivity index (χ3n) is 3.98. The minimum Gasteiger partial charge on any atom is -0.354 e. The Morgan fingerprint density at radius 1 is 1.25 bits per heavy atom. The second-order valence-electron chi connectivity index (χ2n) is 5.79. The smallest absolute Gasteiger partial charge is 0.223 e. The van der Waals surface area contributed by atoms with Crippen LogP contribution in [0.15, 0.2) is 53.7 Å². The molecule has 1 amide bonds.